The highest BCUT2D eigenvalue weighted by Gasteiger charge is 2.10. The predicted molar refractivity (Wildman–Crippen MR) is 82.5 cm³/mol. The Bertz CT molecular complexity index is 596. The summed E-state index contributed by atoms with van der Waals surface area (Å²) in [5.74, 6) is -0.0853. The number of carbonyl (C=O) groups is 1. The minimum absolute atomic E-state index is 0.164. The topological polar surface area (TPSA) is 53.4 Å². The van der Waals surface area contributed by atoms with Crippen LogP contribution in [0.3, 0.4) is 0 Å². The van der Waals surface area contributed by atoms with Crippen LogP contribution >= 0.6 is 11.6 Å². The van der Waals surface area contributed by atoms with Crippen molar-refractivity contribution in [1.29, 1.82) is 0 Å². The highest BCUT2D eigenvalue weighted by Crippen LogP contribution is 2.25. The first-order chi connectivity index (χ1) is 10.1. The molecule has 0 bridgehead atoms. The van der Waals surface area contributed by atoms with Crippen LogP contribution in [-0.2, 0) is 16.6 Å². The molecule has 1 aromatic heterocycles. The fourth-order valence-corrected chi connectivity index (χ4v) is 1.81. The van der Waals surface area contributed by atoms with Crippen LogP contribution in [0.1, 0.15) is 13.8 Å². The summed E-state index contributed by atoms with van der Waals surface area (Å²) in [6.07, 6.45) is 0. The van der Waals surface area contributed by atoms with E-state index < -0.39 is 5.97 Å². The summed E-state index contributed by atoms with van der Waals surface area (Å²) in [5.41, 5.74) is 1.78. The molecule has 1 heterocycles. The minimum atomic E-state index is -0.449. The van der Waals surface area contributed by atoms with Gasteiger partial charge in [0, 0.05) is 23.7 Å². The molecule has 0 spiro atoms. The molecule has 1 aromatic carbocycles. The van der Waals surface area contributed by atoms with Crippen LogP contribution in [0, 0.1) is 0 Å². The molecular formula is C15H19ClN2O3. The summed E-state index contributed by atoms with van der Waals surface area (Å²) in [6.45, 7) is 3.84. The van der Waals surface area contributed by atoms with Crippen molar-refractivity contribution in [2.45, 2.75) is 13.8 Å². The maximum atomic E-state index is 11.0. The fourth-order valence-electron chi connectivity index (χ4n) is 1.62. The van der Waals surface area contributed by atoms with Gasteiger partial charge in [-0.2, -0.15) is 0 Å². The van der Waals surface area contributed by atoms with Crippen LogP contribution < -0.4 is 4.74 Å². The molecule has 0 amide bonds. The number of nitrogens with zero attached hydrogens (tertiary/aromatic N) is 2. The quantitative estimate of drug-likeness (QED) is 0.813. The van der Waals surface area contributed by atoms with Gasteiger partial charge in [0.25, 0.3) is 0 Å². The lowest BCUT2D eigenvalue weighted by atomic mass is 10.1. The van der Waals surface area contributed by atoms with Crippen LogP contribution in [0.15, 0.2) is 30.3 Å². The zero-order valence-electron chi connectivity index (χ0n) is 12.6. The maximum absolute atomic E-state index is 11.0. The summed E-state index contributed by atoms with van der Waals surface area (Å²) in [6, 6.07) is 9.17. The van der Waals surface area contributed by atoms with Gasteiger partial charge >= 0.3 is 5.97 Å². The van der Waals surface area contributed by atoms with Crippen LogP contribution in [0.5, 0.6) is 5.88 Å². The molecule has 0 unspecified atom stereocenters. The van der Waals surface area contributed by atoms with Gasteiger partial charge < -0.3 is 9.47 Å². The second-order valence-electron chi connectivity index (χ2n) is 3.87. The second-order valence-corrected chi connectivity index (χ2v) is 4.30. The minimum Gasteiger partial charge on any atom is -0.466 e. The van der Waals surface area contributed by atoms with E-state index in [1.807, 2.05) is 32.0 Å². The van der Waals surface area contributed by atoms with E-state index in [4.69, 9.17) is 16.3 Å². The molecular weight excluding hydrogens is 292 g/mol. The number of hydrogen-bond acceptors (Lipinski definition) is 4. The Balaban J connectivity index is 0.00000106. The highest BCUT2D eigenvalue weighted by atomic mass is 35.5. The van der Waals surface area contributed by atoms with Gasteiger partial charge in [0.2, 0.25) is 5.88 Å². The molecule has 2 rings (SSSR count). The Labute approximate surface area is 129 Å². The van der Waals surface area contributed by atoms with Crippen molar-refractivity contribution in [3.05, 3.63) is 35.4 Å². The van der Waals surface area contributed by atoms with Gasteiger partial charge in [0.1, 0.15) is 0 Å². The second kappa shape index (κ2) is 8.32. The largest absolute Gasteiger partial charge is 0.466 e. The fraction of sp³-hybridized carbons (Fsp3) is 0.333. The first-order valence-corrected chi connectivity index (χ1v) is 6.97. The van der Waals surface area contributed by atoms with Crippen molar-refractivity contribution in [1.82, 2.24) is 9.78 Å². The molecule has 21 heavy (non-hydrogen) atoms. The van der Waals surface area contributed by atoms with E-state index in [1.54, 1.807) is 23.9 Å². The van der Waals surface area contributed by atoms with Crippen molar-refractivity contribution >= 4 is 17.6 Å². The standard InChI is InChI=1S/C13H13ClN2O3.C2H6/c1-16-11(9-4-3-5-10(14)6-9)7-12(15-16)19-8-13(17)18-2;1-2/h3-7H,8H2,1-2H3;1-2H3. The Morgan fingerprint density at radius 1 is 1.33 bits per heavy atom. The van der Waals surface area contributed by atoms with Crippen molar-refractivity contribution in [3.8, 4) is 17.1 Å². The third kappa shape index (κ3) is 4.79. The van der Waals surface area contributed by atoms with Gasteiger partial charge in [-0.15, -0.1) is 5.10 Å². The van der Waals surface area contributed by atoms with Crippen molar-refractivity contribution in [3.63, 3.8) is 0 Å². The van der Waals surface area contributed by atoms with Crippen LogP contribution in [0.25, 0.3) is 11.3 Å². The summed E-state index contributed by atoms with van der Waals surface area (Å²) >= 11 is 5.95. The number of benzene rings is 1. The molecule has 2 aromatic rings. The molecule has 0 radical (unpaired) electrons. The van der Waals surface area contributed by atoms with Crippen LogP contribution in [0.2, 0.25) is 5.02 Å². The predicted octanol–water partition coefficient (Wildman–Crippen LogP) is 3.32. The summed E-state index contributed by atoms with van der Waals surface area (Å²) in [5, 5.41) is 4.82. The highest BCUT2D eigenvalue weighted by molar-refractivity contribution is 6.30. The van der Waals surface area contributed by atoms with E-state index in [1.165, 1.54) is 7.11 Å². The number of aromatic nitrogens is 2. The van der Waals surface area contributed by atoms with Gasteiger partial charge in [-0.25, -0.2) is 4.79 Å². The Morgan fingerprint density at radius 3 is 2.67 bits per heavy atom. The molecule has 0 N–H and O–H groups in total. The van der Waals surface area contributed by atoms with E-state index in [-0.39, 0.29) is 6.61 Å². The van der Waals surface area contributed by atoms with Crippen LogP contribution in [0.4, 0.5) is 0 Å². The molecule has 0 aliphatic heterocycles. The molecule has 0 fully saturated rings. The maximum Gasteiger partial charge on any atom is 0.343 e. The molecule has 5 nitrogen and oxygen atoms in total. The SMILES string of the molecule is CC.COC(=O)COc1cc(-c2cccc(Cl)c2)n(C)n1. The monoisotopic (exact) mass is 310 g/mol. The molecule has 0 saturated heterocycles. The van der Waals surface area contributed by atoms with Crippen LogP contribution in [-0.4, -0.2) is 29.5 Å². The normalized spacial score (nSPS) is 9.57. The summed E-state index contributed by atoms with van der Waals surface area (Å²) < 4.78 is 11.4. The van der Waals surface area contributed by atoms with E-state index in [9.17, 15) is 4.79 Å². The summed E-state index contributed by atoms with van der Waals surface area (Å²) in [4.78, 5) is 11.0. The van der Waals surface area contributed by atoms with Gasteiger partial charge in [-0.1, -0.05) is 37.6 Å². The number of rotatable bonds is 4. The number of aryl methyl sites for hydroxylation is 1. The molecule has 0 saturated carbocycles. The van der Waals surface area contributed by atoms with Gasteiger partial charge in [-0.3, -0.25) is 4.68 Å². The molecule has 0 aliphatic rings. The third-order valence-corrected chi connectivity index (χ3v) is 2.78. The molecule has 6 heteroatoms. The number of methoxy groups -OCH3 is 1. The lowest BCUT2D eigenvalue weighted by Crippen LogP contribution is -2.12. The number of ether oxygens (including phenoxy) is 2. The molecule has 114 valence electrons. The van der Waals surface area contributed by atoms with Crippen molar-refractivity contribution < 1.29 is 14.3 Å². The first-order valence-electron chi connectivity index (χ1n) is 6.59. The Hall–Kier alpha value is -2.01. The number of hydrogen-bond donors (Lipinski definition) is 0. The van der Waals surface area contributed by atoms with Crippen molar-refractivity contribution in [2.75, 3.05) is 13.7 Å². The third-order valence-electron chi connectivity index (χ3n) is 2.54. The average Bonchev–Trinajstić information content (AvgIpc) is 2.88. The lowest BCUT2D eigenvalue weighted by molar-refractivity contribution is -0.143. The lowest BCUT2D eigenvalue weighted by Gasteiger charge is -2.01. The number of carbonyl (C=O) groups excluding carboxylic acids is 1. The molecule has 0 atom stereocenters. The first kappa shape index (κ1) is 17.0. The van der Waals surface area contributed by atoms with Gasteiger partial charge in [-0.05, 0) is 12.1 Å². The number of esters is 1. The zero-order valence-corrected chi connectivity index (χ0v) is 13.3. The Kier molecular flexibility index (Phi) is 6.75. The average molecular weight is 311 g/mol. The van der Waals surface area contributed by atoms with Crippen molar-refractivity contribution in [2.24, 2.45) is 7.05 Å². The zero-order chi connectivity index (χ0) is 15.8. The summed E-state index contributed by atoms with van der Waals surface area (Å²) in [7, 11) is 3.10. The Morgan fingerprint density at radius 2 is 2.05 bits per heavy atom. The van der Waals surface area contributed by atoms with Gasteiger partial charge in [0.15, 0.2) is 6.61 Å². The number of halogens is 1. The van der Waals surface area contributed by atoms with E-state index >= 15 is 0 Å². The van der Waals surface area contributed by atoms with E-state index in [2.05, 4.69) is 9.84 Å². The molecule has 0 aliphatic carbocycles. The van der Waals surface area contributed by atoms with E-state index in [0.29, 0.717) is 10.9 Å². The smallest absolute Gasteiger partial charge is 0.343 e. The van der Waals surface area contributed by atoms with Gasteiger partial charge in [0.05, 0.1) is 12.8 Å². The van der Waals surface area contributed by atoms with E-state index in [0.717, 1.165) is 11.3 Å².